The zero-order valence-electron chi connectivity index (χ0n) is 15.6. The Morgan fingerprint density at radius 1 is 0.793 bits per heavy atom. The molecule has 3 aromatic carbocycles. The minimum atomic E-state index is -0.627. The van der Waals surface area contributed by atoms with Crippen LogP contribution in [0.5, 0.6) is 34.5 Å². The third-order valence-electron chi connectivity index (χ3n) is 3.98. The number of rotatable bonds is 7. The molecular formula is C21H16N2O6. The van der Waals surface area contributed by atoms with E-state index in [1.54, 1.807) is 48.5 Å². The van der Waals surface area contributed by atoms with Crippen molar-refractivity contribution in [1.82, 2.24) is 0 Å². The molecule has 0 amide bonds. The highest BCUT2D eigenvalue weighted by atomic mass is 16.6. The number of nitrogens with zero attached hydrogens (tertiary/aromatic N) is 2. The fraction of sp³-hybridized carbons (Fsp3) is 0.0952. The van der Waals surface area contributed by atoms with E-state index in [4.69, 9.17) is 18.9 Å². The first kappa shape index (κ1) is 19.5. The Balaban J connectivity index is 2.12. The molecule has 0 heterocycles. The Labute approximate surface area is 166 Å². The van der Waals surface area contributed by atoms with E-state index in [1.165, 1.54) is 26.4 Å². The van der Waals surface area contributed by atoms with Crippen LogP contribution in [0.15, 0.2) is 60.7 Å². The van der Waals surface area contributed by atoms with Crippen LogP contribution >= 0.6 is 0 Å². The summed E-state index contributed by atoms with van der Waals surface area (Å²) < 4.78 is 22.0. The van der Waals surface area contributed by atoms with Gasteiger partial charge in [-0.05, 0) is 30.3 Å². The zero-order chi connectivity index (χ0) is 20.8. The van der Waals surface area contributed by atoms with Crippen molar-refractivity contribution in [1.29, 1.82) is 5.26 Å². The topological polar surface area (TPSA) is 104 Å². The van der Waals surface area contributed by atoms with Gasteiger partial charge in [-0.25, -0.2) is 0 Å². The highest BCUT2D eigenvalue weighted by Gasteiger charge is 2.26. The van der Waals surface area contributed by atoms with Gasteiger partial charge in [0.15, 0.2) is 23.0 Å². The van der Waals surface area contributed by atoms with Crippen LogP contribution in [0, 0.1) is 21.4 Å². The van der Waals surface area contributed by atoms with Crippen molar-refractivity contribution in [3.8, 4) is 40.6 Å². The lowest BCUT2D eigenvalue weighted by Gasteiger charge is -2.15. The molecule has 0 atom stereocenters. The van der Waals surface area contributed by atoms with Crippen LogP contribution in [0.4, 0.5) is 5.69 Å². The average Bonchev–Trinajstić information content (AvgIpc) is 2.74. The van der Waals surface area contributed by atoms with Gasteiger partial charge in [-0.3, -0.25) is 10.1 Å². The lowest BCUT2D eigenvalue weighted by Crippen LogP contribution is -2.00. The van der Waals surface area contributed by atoms with E-state index in [0.717, 1.165) is 0 Å². The van der Waals surface area contributed by atoms with Crippen molar-refractivity contribution in [2.45, 2.75) is 0 Å². The molecule has 0 bridgehead atoms. The Kier molecular flexibility index (Phi) is 5.80. The standard InChI is InChI=1S/C21H16N2O6/c1-26-17-7-3-5-9-19(17)28-16-12-11-15(23(24)25)21(14(16)13-22)29-20-10-6-4-8-18(20)27-2/h3-12H,1-2H3. The van der Waals surface area contributed by atoms with Gasteiger partial charge in [-0.2, -0.15) is 5.26 Å². The van der Waals surface area contributed by atoms with Crippen molar-refractivity contribution < 1.29 is 23.9 Å². The molecular weight excluding hydrogens is 376 g/mol. The molecule has 3 rings (SSSR count). The summed E-state index contributed by atoms with van der Waals surface area (Å²) in [5.41, 5.74) is -0.504. The Bertz CT molecular complexity index is 1090. The largest absolute Gasteiger partial charge is 0.493 e. The lowest BCUT2D eigenvalue weighted by atomic mass is 10.1. The summed E-state index contributed by atoms with van der Waals surface area (Å²) in [6.07, 6.45) is 0. The molecule has 0 aliphatic rings. The molecule has 146 valence electrons. The Hall–Kier alpha value is -4.25. The number of nitriles is 1. The van der Waals surface area contributed by atoms with E-state index >= 15 is 0 Å². The van der Waals surface area contributed by atoms with Gasteiger partial charge in [0.25, 0.3) is 0 Å². The molecule has 8 nitrogen and oxygen atoms in total. The Morgan fingerprint density at radius 3 is 1.79 bits per heavy atom. The van der Waals surface area contributed by atoms with Gasteiger partial charge in [0.05, 0.1) is 19.1 Å². The van der Waals surface area contributed by atoms with Crippen molar-refractivity contribution in [2.24, 2.45) is 0 Å². The van der Waals surface area contributed by atoms with E-state index in [-0.39, 0.29) is 28.5 Å². The van der Waals surface area contributed by atoms with E-state index in [0.29, 0.717) is 17.2 Å². The second kappa shape index (κ2) is 8.63. The quantitative estimate of drug-likeness (QED) is 0.408. The lowest BCUT2D eigenvalue weighted by molar-refractivity contribution is -0.385. The number of methoxy groups -OCH3 is 2. The van der Waals surface area contributed by atoms with Crippen molar-refractivity contribution in [3.63, 3.8) is 0 Å². The SMILES string of the molecule is COc1ccccc1Oc1ccc([N+](=O)[O-])c(Oc2ccccc2OC)c1C#N. The molecule has 8 heteroatoms. The minimum absolute atomic E-state index is 0.0903. The number of nitro benzene ring substituents is 1. The summed E-state index contributed by atoms with van der Waals surface area (Å²) in [5, 5.41) is 21.2. The van der Waals surface area contributed by atoms with Crippen LogP contribution in [0.3, 0.4) is 0 Å². The average molecular weight is 392 g/mol. The second-order valence-corrected chi connectivity index (χ2v) is 5.66. The molecule has 0 aliphatic heterocycles. The van der Waals surface area contributed by atoms with Gasteiger partial charge < -0.3 is 18.9 Å². The highest BCUT2D eigenvalue weighted by molar-refractivity contribution is 5.65. The first-order valence-electron chi connectivity index (χ1n) is 8.42. The maximum absolute atomic E-state index is 11.5. The van der Waals surface area contributed by atoms with Crippen molar-refractivity contribution >= 4 is 5.69 Å². The molecule has 0 spiro atoms. The summed E-state index contributed by atoms with van der Waals surface area (Å²) >= 11 is 0. The normalized spacial score (nSPS) is 9.97. The summed E-state index contributed by atoms with van der Waals surface area (Å²) in [6, 6.07) is 18.0. The monoisotopic (exact) mass is 392 g/mol. The summed E-state index contributed by atoms with van der Waals surface area (Å²) in [5.74, 6) is 1.23. The number of para-hydroxylation sites is 4. The summed E-state index contributed by atoms with van der Waals surface area (Å²) in [7, 11) is 2.93. The van der Waals surface area contributed by atoms with Gasteiger partial charge in [-0.1, -0.05) is 24.3 Å². The Morgan fingerprint density at radius 2 is 1.31 bits per heavy atom. The summed E-state index contributed by atoms with van der Waals surface area (Å²) in [4.78, 5) is 10.9. The second-order valence-electron chi connectivity index (χ2n) is 5.66. The van der Waals surface area contributed by atoms with E-state index < -0.39 is 4.92 Å². The number of hydrogen-bond acceptors (Lipinski definition) is 7. The van der Waals surface area contributed by atoms with Crippen LogP contribution in [-0.2, 0) is 0 Å². The van der Waals surface area contributed by atoms with Gasteiger partial charge in [0, 0.05) is 6.07 Å². The van der Waals surface area contributed by atoms with Gasteiger partial charge in [0.2, 0.25) is 5.75 Å². The molecule has 29 heavy (non-hydrogen) atoms. The highest BCUT2D eigenvalue weighted by Crippen LogP contribution is 2.43. The first-order chi connectivity index (χ1) is 14.1. The van der Waals surface area contributed by atoms with Gasteiger partial charge in [-0.15, -0.1) is 0 Å². The molecule has 0 aliphatic carbocycles. The van der Waals surface area contributed by atoms with Crippen LogP contribution in [0.1, 0.15) is 5.56 Å². The van der Waals surface area contributed by atoms with Crippen LogP contribution < -0.4 is 18.9 Å². The zero-order valence-corrected chi connectivity index (χ0v) is 15.6. The number of ether oxygens (including phenoxy) is 4. The minimum Gasteiger partial charge on any atom is -0.493 e. The van der Waals surface area contributed by atoms with Crippen LogP contribution in [0.25, 0.3) is 0 Å². The fourth-order valence-electron chi connectivity index (χ4n) is 2.63. The van der Waals surface area contributed by atoms with E-state index in [1.807, 2.05) is 6.07 Å². The maximum atomic E-state index is 11.5. The molecule has 0 N–H and O–H groups in total. The molecule has 3 aromatic rings. The van der Waals surface area contributed by atoms with Gasteiger partial charge in [0.1, 0.15) is 17.4 Å². The van der Waals surface area contributed by atoms with E-state index in [2.05, 4.69) is 0 Å². The number of hydrogen-bond donors (Lipinski definition) is 0. The van der Waals surface area contributed by atoms with E-state index in [9.17, 15) is 15.4 Å². The predicted octanol–water partition coefficient (Wildman–Crippen LogP) is 5.07. The third kappa shape index (κ3) is 4.04. The van der Waals surface area contributed by atoms with Crippen LogP contribution in [0.2, 0.25) is 0 Å². The number of nitro groups is 1. The maximum Gasteiger partial charge on any atom is 0.313 e. The van der Waals surface area contributed by atoms with Gasteiger partial charge >= 0.3 is 5.69 Å². The fourth-order valence-corrected chi connectivity index (χ4v) is 2.63. The predicted molar refractivity (Wildman–Crippen MR) is 104 cm³/mol. The van der Waals surface area contributed by atoms with Crippen molar-refractivity contribution in [3.05, 3.63) is 76.3 Å². The van der Waals surface area contributed by atoms with Crippen LogP contribution in [-0.4, -0.2) is 19.1 Å². The smallest absolute Gasteiger partial charge is 0.313 e. The molecule has 0 fully saturated rings. The third-order valence-corrected chi connectivity index (χ3v) is 3.98. The molecule has 0 radical (unpaired) electrons. The molecule has 0 aromatic heterocycles. The summed E-state index contributed by atoms with van der Waals surface area (Å²) in [6.45, 7) is 0. The molecule has 0 unspecified atom stereocenters. The number of benzene rings is 3. The molecule has 0 saturated carbocycles. The van der Waals surface area contributed by atoms with Crippen molar-refractivity contribution in [2.75, 3.05) is 14.2 Å². The first-order valence-corrected chi connectivity index (χ1v) is 8.42. The molecule has 0 saturated heterocycles.